The van der Waals surface area contributed by atoms with E-state index in [-0.39, 0.29) is 32.7 Å². The second-order valence-corrected chi connectivity index (χ2v) is 8.71. The zero-order chi connectivity index (χ0) is 22.3. The molecule has 3 aromatic rings. The summed E-state index contributed by atoms with van der Waals surface area (Å²) in [4.78, 5) is 11.7. The Labute approximate surface area is 223 Å². The van der Waals surface area contributed by atoms with Crippen LogP contribution in [0.25, 0.3) is 10.4 Å². The summed E-state index contributed by atoms with van der Waals surface area (Å²) in [6.07, 6.45) is -2.43. The van der Waals surface area contributed by atoms with Crippen LogP contribution in [0.1, 0.15) is 21.6 Å². The molecule has 0 unspecified atom stereocenters. The van der Waals surface area contributed by atoms with Crippen molar-refractivity contribution in [2.75, 3.05) is 7.11 Å². The van der Waals surface area contributed by atoms with Crippen LogP contribution >= 0.6 is 33.9 Å². The molecule has 0 fully saturated rings. The average Bonchev–Trinajstić information content (AvgIpc) is 3.07. The van der Waals surface area contributed by atoms with Crippen molar-refractivity contribution in [1.29, 1.82) is 0 Å². The van der Waals surface area contributed by atoms with E-state index in [2.05, 4.69) is 52.5 Å². The summed E-state index contributed by atoms with van der Waals surface area (Å²) in [5, 5.41) is 0. The van der Waals surface area contributed by atoms with Gasteiger partial charge in [-0.2, -0.15) is 48.6 Å². The molecule has 0 aliphatic carbocycles. The van der Waals surface area contributed by atoms with Gasteiger partial charge in [-0.25, -0.2) is 0 Å². The molecule has 0 spiro atoms. The molecule has 163 valence electrons. The van der Waals surface area contributed by atoms with Crippen molar-refractivity contribution < 1.29 is 55.4 Å². The molecule has 0 aliphatic rings. The number of esters is 1. The van der Waals surface area contributed by atoms with Crippen LogP contribution in [0.2, 0.25) is 0 Å². The standard InChI is InChI=1S/C20H15F3IS.C3H5O2.Y/c1-13-3-2-4-14(11-13)5-10-18-17(24)12-19(25-18)15-6-8-16(9-7-15)20(21,22)23;1-3(4)5-2;/h2,4,6-9,11-12H,5,10H2,1H3;1H2,2H3;/q2*-1;. The van der Waals surface area contributed by atoms with Gasteiger partial charge in [0.05, 0.1) is 12.7 Å². The van der Waals surface area contributed by atoms with Crippen LogP contribution in [0.15, 0.2) is 48.5 Å². The summed E-state index contributed by atoms with van der Waals surface area (Å²) in [6, 6.07) is 16.7. The van der Waals surface area contributed by atoms with Gasteiger partial charge in [0.15, 0.2) is 5.97 Å². The molecule has 0 amide bonds. The molecule has 8 heteroatoms. The van der Waals surface area contributed by atoms with Gasteiger partial charge in [-0.1, -0.05) is 19.1 Å². The van der Waals surface area contributed by atoms with E-state index in [4.69, 9.17) is 0 Å². The first kappa shape index (κ1) is 28.1. The zero-order valence-corrected chi connectivity index (χ0v) is 22.9. The third-order valence-corrected chi connectivity index (χ3v) is 6.71. The maximum Gasteiger partial charge on any atom is 0.416 e. The van der Waals surface area contributed by atoms with Crippen LogP contribution in [0.5, 0.6) is 0 Å². The van der Waals surface area contributed by atoms with E-state index in [1.807, 2.05) is 19.1 Å². The number of hydrogen-bond acceptors (Lipinski definition) is 3. The Morgan fingerprint density at radius 3 is 2.29 bits per heavy atom. The van der Waals surface area contributed by atoms with Crippen molar-refractivity contribution in [3.8, 4) is 10.4 Å². The number of benzene rings is 2. The Bertz CT molecular complexity index is 985. The summed E-state index contributed by atoms with van der Waals surface area (Å²) in [5.74, 6) is -0.495. The van der Waals surface area contributed by atoms with Crippen molar-refractivity contribution in [3.05, 3.63) is 86.7 Å². The topological polar surface area (TPSA) is 26.3 Å². The molecule has 0 atom stereocenters. The normalized spacial score (nSPS) is 10.5. The number of hydrogen-bond donors (Lipinski definition) is 0. The second kappa shape index (κ2) is 13.0. The first-order valence-electron chi connectivity index (χ1n) is 8.93. The number of thiophene rings is 1. The Balaban J connectivity index is 0.000000721. The monoisotopic (exact) mass is 633 g/mol. The number of alkyl halides is 3. The molecule has 0 bridgehead atoms. The number of carbonyl (C=O) groups is 1. The van der Waals surface area contributed by atoms with E-state index >= 15 is 0 Å². The number of rotatable bonds is 4. The average molecular weight is 633 g/mol. The summed E-state index contributed by atoms with van der Waals surface area (Å²) >= 11 is 3.95. The van der Waals surface area contributed by atoms with Crippen LogP contribution in [-0.4, -0.2) is 13.1 Å². The van der Waals surface area contributed by atoms with Crippen LogP contribution in [0.4, 0.5) is 13.2 Å². The quantitative estimate of drug-likeness (QED) is 0.177. The number of ether oxygens (including phenoxy) is 1. The van der Waals surface area contributed by atoms with Gasteiger partial charge < -0.3 is 4.74 Å². The summed E-state index contributed by atoms with van der Waals surface area (Å²) in [5.41, 5.74) is 2.62. The Morgan fingerprint density at radius 1 is 1.16 bits per heavy atom. The summed E-state index contributed by atoms with van der Waals surface area (Å²) in [6.45, 7) is 4.92. The molecule has 3 rings (SSSR count). The largest absolute Gasteiger partial charge is 0.492 e. The SMILES string of the molecule is Cc1[c-]ccc(CCc2sc(-c3ccc(C(F)(F)F)cc3)cc2I)c1.[CH2-]C(=O)OC.[Y]. The van der Waals surface area contributed by atoms with E-state index in [0.717, 1.165) is 44.5 Å². The minimum Gasteiger partial charge on any atom is -0.492 e. The van der Waals surface area contributed by atoms with Crippen molar-refractivity contribution in [3.63, 3.8) is 0 Å². The summed E-state index contributed by atoms with van der Waals surface area (Å²) in [7, 11) is 1.29. The molecule has 0 saturated carbocycles. The fourth-order valence-corrected chi connectivity index (χ4v) is 4.78. The van der Waals surface area contributed by atoms with Gasteiger partial charge >= 0.3 is 6.18 Å². The third-order valence-electron chi connectivity index (χ3n) is 4.13. The van der Waals surface area contributed by atoms with Crippen molar-refractivity contribution in [1.82, 2.24) is 0 Å². The molecule has 2 aromatic carbocycles. The van der Waals surface area contributed by atoms with Gasteiger partial charge in [-0.15, -0.1) is 11.3 Å². The second-order valence-electron chi connectivity index (χ2n) is 6.41. The molecule has 0 N–H and O–H groups in total. The van der Waals surface area contributed by atoms with E-state index in [9.17, 15) is 18.0 Å². The van der Waals surface area contributed by atoms with Crippen LogP contribution in [0.3, 0.4) is 0 Å². The molecule has 0 aliphatic heterocycles. The maximum absolute atomic E-state index is 12.7. The van der Waals surface area contributed by atoms with Gasteiger partial charge in [0, 0.05) is 46.0 Å². The molecular formula is C23H20F3IO2SY-2. The number of halogens is 4. The van der Waals surface area contributed by atoms with Gasteiger partial charge in [-0.05, 0) is 59.2 Å². The minimum absolute atomic E-state index is 0. The molecular weight excluding hydrogens is 613 g/mol. The number of methoxy groups -OCH3 is 1. The zero-order valence-electron chi connectivity index (χ0n) is 17.1. The Morgan fingerprint density at radius 2 is 1.77 bits per heavy atom. The predicted molar refractivity (Wildman–Crippen MR) is 122 cm³/mol. The van der Waals surface area contributed by atoms with Gasteiger partial charge in [-0.3, -0.25) is 11.7 Å². The van der Waals surface area contributed by atoms with Crippen LogP contribution < -0.4 is 0 Å². The Kier molecular flexibility index (Phi) is 11.8. The van der Waals surface area contributed by atoms with Crippen molar-refractivity contribution in [2.45, 2.75) is 25.9 Å². The van der Waals surface area contributed by atoms with Gasteiger partial charge in [0.25, 0.3) is 0 Å². The maximum atomic E-state index is 12.7. The molecule has 31 heavy (non-hydrogen) atoms. The fraction of sp³-hybridized carbons (Fsp3) is 0.217. The summed E-state index contributed by atoms with van der Waals surface area (Å²) < 4.78 is 43.2. The number of carbonyl (C=O) groups excluding carboxylic acids is 1. The number of aryl methyl sites for hydroxylation is 3. The first-order valence-corrected chi connectivity index (χ1v) is 10.8. The molecule has 0 saturated heterocycles. The van der Waals surface area contributed by atoms with E-state index in [1.54, 1.807) is 23.5 Å². The molecule has 2 nitrogen and oxygen atoms in total. The van der Waals surface area contributed by atoms with Crippen molar-refractivity contribution in [2.24, 2.45) is 0 Å². The van der Waals surface area contributed by atoms with Gasteiger partial charge in [0.2, 0.25) is 0 Å². The van der Waals surface area contributed by atoms with Crippen molar-refractivity contribution >= 4 is 39.9 Å². The predicted octanol–water partition coefficient (Wildman–Crippen LogP) is 6.92. The third kappa shape index (κ3) is 9.24. The smallest absolute Gasteiger partial charge is 0.416 e. The molecule has 1 radical (unpaired) electrons. The van der Waals surface area contributed by atoms with E-state index in [0.29, 0.717) is 0 Å². The van der Waals surface area contributed by atoms with E-state index in [1.165, 1.54) is 17.6 Å². The molecule has 1 aromatic heterocycles. The van der Waals surface area contributed by atoms with Crippen LogP contribution in [-0.2, 0) is 61.3 Å². The van der Waals surface area contributed by atoms with E-state index < -0.39 is 17.7 Å². The Hall–Kier alpha value is -0.896. The minimum atomic E-state index is -4.29. The van der Waals surface area contributed by atoms with Crippen LogP contribution in [0, 0.1) is 23.5 Å². The first-order chi connectivity index (χ1) is 14.1. The fourth-order valence-electron chi connectivity index (χ4n) is 2.60. The van der Waals surface area contributed by atoms with Gasteiger partial charge in [0.1, 0.15) is 0 Å². The molecule has 1 heterocycles.